The number of benzene rings is 1. The van der Waals surface area contributed by atoms with Gasteiger partial charge in [-0.1, -0.05) is 12.1 Å². The van der Waals surface area contributed by atoms with Crippen molar-refractivity contribution >= 4 is 38.7 Å². The molecule has 1 aromatic carbocycles. The van der Waals surface area contributed by atoms with Gasteiger partial charge >= 0.3 is 10.2 Å². The summed E-state index contributed by atoms with van der Waals surface area (Å²) in [6.45, 7) is -0.222. The molecule has 1 amide bonds. The molecule has 0 saturated carbocycles. The van der Waals surface area contributed by atoms with E-state index in [-0.39, 0.29) is 17.8 Å². The zero-order valence-electron chi connectivity index (χ0n) is 16.8. The van der Waals surface area contributed by atoms with E-state index in [0.717, 1.165) is 0 Å². The molecule has 3 heterocycles. The fourth-order valence-corrected chi connectivity index (χ4v) is 4.29. The zero-order valence-corrected chi connectivity index (χ0v) is 17.6. The molecular weight excluding hydrogens is 438 g/mol. The van der Waals surface area contributed by atoms with E-state index in [9.17, 15) is 13.2 Å². The van der Waals surface area contributed by atoms with Crippen molar-refractivity contribution in [2.45, 2.75) is 24.4 Å². The molecule has 32 heavy (non-hydrogen) atoms. The van der Waals surface area contributed by atoms with Gasteiger partial charge < -0.3 is 27.7 Å². The second-order valence-corrected chi connectivity index (χ2v) is 8.81. The van der Waals surface area contributed by atoms with Crippen LogP contribution in [0.4, 0.5) is 11.4 Å². The number of hydrogen-bond donors (Lipinski definition) is 6. The molecule has 0 unspecified atom stereocenters. The van der Waals surface area contributed by atoms with Gasteiger partial charge in [-0.05, 0) is 18.2 Å². The maximum atomic E-state index is 12.3. The second kappa shape index (κ2) is 8.33. The van der Waals surface area contributed by atoms with Crippen LogP contribution in [0.2, 0.25) is 0 Å². The Balaban J connectivity index is 1.44. The number of para-hydroxylation sites is 1. The minimum absolute atomic E-state index is 0.0348. The van der Waals surface area contributed by atoms with E-state index < -0.39 is 40.5 Å². The number of aromatic nitrogens is 3. The van der Waals surface area contributed by atoms with Crippen LogP contribution < -0.4 is 32.4 Å². The number of anilines is 2. The minimum Gasteiger partial charge on any atom is -0.398 e. The third-order valence-electron chi connectivity index (χ3n) is 5.19. The molecule has 3 aromatic rings. The number of nitrogens with zero attached hydrogens (tertiary/aromatic N) is 3. The van der Waals surface area contributed by atoms with Crippen molar-refractivity contribution < 1.29 is 17.9 Å². The fourth-order valence-electron chi connectivity index (χ4n) is 3.48. The van der Waals surface area contributed by atoms with Crippen LogP contribution in [0.15, 0.2) is 42.9 Å². The molecular formula is C18H23N9O4S. The Kier molecular flexibility index (Phi) is 5.70. The molecule has 1 saturated heterocycles. The first-order valence-electron chi connectivity index (χ1n) is 9.58. The van der Waals surface area contributed by atoms with Crippen molar-refractivity contribution in [3.05, 3.63) is 48.4 Å². The fraction of sp³-hybridized carbons (Fsp3) is 0.278. The van der Waals surface area contributed by atoms with Gasteiger partial charge in [0.2, 0.25) is 0 Å². The monoisotopic (exact) mass is 461 g/mol. The largest absolute Gasteiger partial charge is 0.398 e. The number of nitrogens with one attached hydrogen (secondary N) is 2. The molecule has 2 aromatic heterocycles. The number of amides is 1. The number of fused-ring (bicyclic) bond motifs is 1. The molecule has 4 atom stereocenters. The Labute approximate surface area is 183 Å². The number of ether oxygens (including phenoxy) is 1. The lowest BCUT2D eigenvalue weighted by atomic mass is 10.1. The molecule has 0 spiro atoms. The average Bonchev–Trinajstić information content (AvgIpc) is 3.29. The van der Waals surface area contributed by atoms with Crippen LogP contribution in [-0.2, 0) is 14.9 Å². The van der Waals surface area contributed by atoms with Crippen LogP contribution in [0.5, 0.6) is 0 Å². The van der Waals surface area contributed by atoms with Crippen LogP contribution in [0.1, 0.15) is 16.6 Å². The SMILES string of the molecule is Nc1ccccc1C(=O)NS(=O)(=O)NC[C@H]1O[C@@H](n2cnc3c(N)ccnc32)[C@H](N)[C@@H]1N. The number of rotatable bonds is 6. The third-order valence-corrected chi connectivity index (χ3v) is 6.19. The van der Waals surface area contributed by atoms with Gasteiger partial charge in [0.25, 0.3) is 5.91 Å². The first-order valence-corrected chi connectivity index (χ1v) is 11.1. The Bertz CT molecular complexity index is 1260. The summed E-state index contributed by atoms with van der Waals surface area (Å²) >= 11 is 0. The van der Waals surface area contributed by atoms with Crippen molar-refractivity contribution in [2.24, 2.45) is 11.5 Å². The average molecular weight is 462 g/mol. The lowest BCUT2D eigenvalue weighted by Gasteiger charge is -2.17. The number of nitrogen functional groups attached to an aromatic ring is 2. The summed E-state index contributed by atoms with van der Waals surface area (Å²) in [5.74, 6) is -0.865. The third kappa shape index (κ3) is 4.09. The molecule has 10 N–H and O–H groups in total. The van der Waals surface area contributed by atoms with Crippen LogP contribution in [0, 0.1) is 0 Å². The van der Waals surface area contributed by atoms with Crippen molar-refractivity contribution in [3.63, 3.8) is 0 Å². The molecule has 13 nitrogen and oxygen atoms in total. The summed E-state index contributed by atoms with van der Waals surface area (Å²) in [6.07, 6.45) is 1.51. The van der Waals surface area contributed by atoms with Gasteiger partial charge in [0.05, 0.1) is 35.8 Å². The zero-order chi connectivity index (χ0) is 23.0. The van der Waals surface area contributed by atoms with Crippen LogP contribution in [0.3, 0.4) is 0 Å². The summed E-state index contributed by atoms with van der Waals surface area (Å²) < 4.78 is 36.4. The Morgan fingerprint density at radius 1 is 1.09 bits per heavy atom. The maximum Gasteiger partial charge on any atom is 0.301 e. The Morgan fingerprint density at radius 2 is 1.84 bits per heavy atom. The predicted molar refractivity (Wildman–Crippen MR) is 117 cm³/mol. The molecule has 170 valence electrons. The van der Waals surface area contributed by atoms with E-state index in [4.69, 9.17) is 27.7 Å². The number of carbonyl (C=O) groups excluding carboxylic acids is 1. The quantitative estimate of drug-likeness (QED) is 0.231. The minimum atomic E-state index is -4.22. The number of pyridine rings is 1. The molecule has 14 heteroatoms. The Hall–Kier alpha value is -3.30. The number of nitrogens with two attached hydrogens (primary N) is 4. The van der Waals surface area contributed by atoms with Crippen LogP contribution in [-0.4, -0.2) is 53.6 Å². The van der Waals surface area contributed by atoms with Gasteiger partial charge in [0.15, 0.2) is 11.9 Å². The van der Waals surface area contributed by atoms with Crippen molar-refractivity contribution in [2.75, 3.05) is 18.0 Å². The first kappa shape index (κ1) is 21.9. The molecule has 1 aliphatic heterocycles. The van der Waals surface area contributed by atoms with Crippen molar-refractivity contribution in [1.29, 1.82) is 0 Å². The normalized spacial score (nSPS) is 23.4. The second-order valence-electron chi connectivity index (χ2n) is 7.31. The van der Waals surface area contributed by atoms with E-state index in [1.165, 1.54) is 24.7 Å². The van der Waals surface area contributed by atoms with E-state index in [1.54, 1.807) is 22.8 Å². The molecule has 0 aliphatic carbocycles. The number of imidazole rings is 1. The lowest BCUT2D eigenvalue weighted by molar-refractivity contribution is 0.000777. The summed E-state index contributed by atoms with van der Waals surface area (Å²) in [5.41, 5.74) is 25.6. The van der Waals surface area contributed by atoms with E-state index in [2.05, 4.69) is 14.7 Å². The summed E-state index contributed by atoms with van der Waals surface area (Å²) in [5, 5.41) is 0. The Morgan fingerprint density at radius 3 is 2.59 bits per heavy atom. The van der Waals surface area contributed by atoms with Gasteiger partial charge in [-0.3, -0.25) is 9.36 Å². The number of carbonyl (C=O) groups is 1. The van der Waals surface area contributed by atoms with Crippen molar-refractivity contribution in [1.82, 2.24) is 24.0 Å². The van der Waals surface area contributed by atoms with Gasteiger partial charge in [-0.25, -0.2) is 14.7 Å². The molecule has 1 aliphatic rings. The highest BCUT2D eigenvalue weighted by Crippen LogP contribution is 2.30. The highest BCUT2D eigenvalue weighted by Gasteiger charge is 2.42. The standard InChI is InChI=1S/C18H23N9O4S/c19-10-4-2-1-3-9(10)17(28)26-32(29,30)25-7-12-13(21)14(22)18(31-12)27-8-24-15-11(20)5-6-23-16(15)27/h1-6,8,12-14,18,25H,7,19,21-22H2,(H2,20,23)(H,26,28)/t12-,13-,14-,18-/m1/s1. The van der Waals surface area contributed by atoms with Gasteiger partial charge in [-0.2, -0.15) is 13.1 Å². The van der Waals surface area contributed by atoms with E-state index in [1.807, 2.05) is 4.72 Å². The number of hydrogen-bond acceptors (Lipinski definition) is 10. The molecule has 0 radical (unpaired) electrons. The first-order chi connectivity index (χ1) is 15.2. The summed E-state index contributed by atoms with van der Waals surface area (Å²) in [6, 6.07) is 6.34. The van der Waals surface area contributed by atoms with Crippen molar-refractivity contribution in [3.8, 4) is 0 Å². The van der Waals surface area contributed by atoms with Gasteiger partial charge in [0.1, 0.15) is 5.52 Å². The molecule has 0 bridgehead atoms. The molecule has 4 rings (SSSR count). The smallest absolute Gasteiger partial charge is 0.301 e. The topological polar surface area (TPSA) is 219 Å². The summed E-state index contributed by atoms with van der Waals surface area (Å²) in [4.78, 5) is 20.7. The molecule has 1 fully saturated rings. The maximum absolute atomic E-state index is 12.3. The lowest BCUT2D eigenvalue weighted by Crippen LogP contribution is -2.50. The van der Waals surface area contributed by atoms with Crippen LogP contribution >= 0.6 is 0 Å². The summed E-state index contributed by atoms with van der Waals surface area (Å²) in [7, 11) is -4.22. The highest BCUT2D eigenvalue weighted by atomic mass is 32.2. The highest BCUT2D eigenvalue weighted by molar-refractivity contribution is 7.88. The van der Waals surface area contributed by atoms with Gasteiger partial charge in [-0.15, -0.1) is 0 Å². The predicted octanol–water partition coefficient (Wildman–Crippen LogP) is -1.59. The van der Waals surface area contributed by atoms with Gasteiger partial charge in [0, 0.05) is 18.4 Å². The van der Waals surface area contributed by atoms with E-state index >= 15 is 0 Å². The van der Waals surface area contributed by atoms with E-state index in [0.29, 0.717) is 16.9 Å². The van der Waals surface area contributed by atoms with Crippen LogP contribution in [0.25, 0.3) is 11.2 Å².